The van der Waals surface area contributed by atoms with E-state index in [9.17, 15) is 0 Å². The summed E-state index contributed by atoms with van der Waals surface area (Å²) < 4.78 is 0. The highest BCUT2D eigenvalue weighted by atomic mass is 15.4. The van der Waals surface area contributed by atoms with E-state index in [-0.39, 0.29) is 0 Å². The molecule has 0 aliphatic carbocycles. The Morgan fingerprint density at radius 1 is 1.15 bits per heavy atom. The second-order valence-corrected chi connectivity index (χ2v) is 5.72. The predicted molar refractivity (Wildman–Crippen MR) is 89.2 cm³/mol. The van der Waals surface area contributed by atoms with E-state index in [0.29, 0.717) is 6.04 Å². The molecule has 1 rings (SSSR count). The Labute approximate surface area is 125 Å². The van der Waals surface area contributed by atoms with Crippen molar-refractivity contribution in [2.45, 2.75) is 52.5 Å². The van der Waals surface area contributed by atoms with E-state index in [1.807, 2.05) is 0 Å². The van der Waals surface area contributed by atoms with Crippen LogP contribution < -0.4 is 0 Å². The summed E-state index contributed by atoms with van der Waals surface area (Å²) in [5.41, 5.74) is 0. The fourth-order valence-corrected chi connectivity index (χ4v) is 2.25. The SMILES string of the molecule is CCC/C=C/C=C/CCCN1CCN(C)/C1=N\C(C)C. The van der Waals surface area contributed by atoms with Crippen LogP contribution in [0.1, 0.15) is 46.5 Å². The minimum atomic E-state index is 0.372. The lowest BCUT2D eigenvalue weighted by atomic mass is 10.2. The molecule has 0 radical (unpaired) electrons. The summed E-state index contributed by atoms with van der Waals surface area (Å²) in [6.45, 7) is 9.81. The van der Waals surface area contributed by atoms with Gasteiger partial charge in [0.25, 0.3) is 0 Å². The van der Waals surface area contributed by atoms with Gasteiger partial charge in [-0.2, -0.15) is 0 Å². The van der Waals surface area contributed by atoms with E-state index < -0.39 is 0 Å². The molecule has 0 aromatic carbocycles. The standard InChI is InChI=1S/C17H31N3/c1-5-6-7-8-9-10-11-12-13-20-15-14-19(4)17(20)18-16(2)3/h7-10,16H,5-6,11-15H2,1-4H3/b8-7+,10-9+,18-17+. The molecule has 3 heteroatoms. The molecule has 20 heavy (non-hydrogen) atoms. The number of unbranched alkanes of at least 4 members (excludes halogenated alkanes) is 2. The van der Waals surface area contributed by atoms with E-state index >= 15 is 0 Å². The molecular formula is C17H31N3. The van der Waals surface area contributed by atoms with Crippen LogP contribution in [0.15, 0.2) is 29.3 Å². The van der Waals surface area contributed by atoms with Gasteiger partial charge in [-0.25, -0.2) is 0 Å². The number of likely N-dealkylation sites (N-methyl/N-ethyl adjacent to an activating group) is 1. The molecule has 0 N–H and O–H groups in total. The zero-order valence-electron chi connectivity index (χ0n) is 13.7. The molecule has 0 saturated carbocycles. The smallest absolute Gasteiger partial charge is 0.196 e. The summed E-state index contributed by atoms with van der Waals surface area (Å²) in [5.74, 6) is 1.17. The molecule has 1 aliphatic rings. The number of aliphatic imine (C=N–C) groups is 1. The maximum absolute atomic E-state index is 4.73. The molecule has 1 fully saturated rings. The number of nitrogens with zero attached hydrogens (tertiary/aromatic N) is 3. The molecule has 1 aliphatic heterocycles. The fourth-order valence-electron chi connectivity index (χ4n) is 2.25. The molecule has 1 saturated heterocycles. The highest BCUT2D eigenvalue weighted by Crippen LogP contribution is 2.09. The van der Waals surface area contributed by atoms with Crippen molar-refractivity contribution in [3.8, 4) is 0 Å². The molecule has 0 amide bonds. The third kappa shape index (κ3) is 6.27. The average molecular weight is 277 g/mol. The number of rotatable bonds is 8. The Morgan fingerprint density at radius 2 is 1.85 bits per heavy atom. The van der Waals surface area contributed by atoms with E-state index in [4.69, 9.17) is 4.99 Å². The van der Waals surface area contributed by atoms with Crippen molar-refractivity contribution in [1.82, 2.24) is 9.80 Å². The Kier molecular flexibility index (Phi) is 8.08. The van der Waals surface area contributed by atoms with Gasteiger partial charge < -0.3 is 9.80 Å². The Morgan fingerprint density at radius 3 is 2.50 bits per heavy atom. The molecule has 0 atom stereocenters. The first-order valence-corrected chi connectivity index (χ1v) is 8.00. The summed E-state index contributed by atoms with van der Waals surface area (Å²) in [6, 6.07) is 0.372. The van der Waals surface area contributed by atoms with Crippen molar-refractivity contribution in [3.63, 3.8) is 0 Å². The van der Waals surface area contributed by atoms with Gasteiger partial charge in [0.2, 0.25) is 0 Å². The lowest BCUT2D eigenvalue weighted by molar-refractivity contribution is 0.449. The van der Waals surface area contributed by atoms with Crippen LogP contribution in [0, 0.1) is 0 Å². The van der Waals surface area contributed by atoms with Crippen molar-refractivity contribution in [1.29, 1.82) is 0 Å². The van der Waals surface area contributed by atoms with Crippen LogP contribution in [0.2, 0.25) is 0 Å². The van der Waals surface area contributed by atoms with Crippen LogP contribution in [-0.2, 0) is 0 Å². The van der Waals surface area contributed by atoms with Gasteiger partial charge in [0.1, 0.15) is 0 Å². The minimum Gasteiger partial charge on any atom is -0.344 e. The zero-order valence-corrected chi connectivity index (χ0v) is 13.7. The first kappa shape index (κ1) is 16.8. The van der Waals surface area contributed by atoms with Crippen molar-refractivity contribution in [2.75, 3.05) is 26.7 Å². The maximum atomic E-state index is 4.73. The molecule has 1 heterocycles. The van der Waals surface area contributed by atoms with E-state index in [2.05, 4.69) is 61.9 Å². The quantitative estimate of drug-likeness (QED) is 0.498. The monoisotopic (exact) mass is 277 g/mol. The minimum absolute atomic E-state index is 0.372. The second-order valence-electron chi connectivity index (χ2n) is 5.72. The molecular weight excluding hydrogens is 246 g/mol. The Bertz CT molecular complexity index is 342. The normalized spacial score (nSPS) is 18.6. The molecule has 0 unspecified atom stereocenters. The third-order valence-electron chi connectivity index (χ3n) is 3.34. The number of hydrogen-bond acceptors (Lipinski definition) is 1. The summed E-state index contributed by atoms with van der Waals surface area (Å²) in [4.78, 5) is 9.41. The lowest BCUT2D eigenvalue weighted by Crippen LogP contribution is -2.33. The fraction of sp³-hybridized carbons (Fsp3) is 0.706. The second kappa shape index (κ2) is 9.62. The maximum Gasteiger partial charge on any atom is 0.196 e. The average Bonchev–Trinajstić information content (AvgIpc) is 2.74. The van der Waals surface area contributed by atoms with Gasteiger partial charge in [-0.05, 0) is 33.1 Å². The molecule has 0 spiro atoms. The lowest BCUT2D eigenvalue weighted by Gasteiger charge is -2.21. The van der Waals surface area contributed by atoms with Crippen LogP contribution in [0.3, 0.4) is 0 Å². The van der Waals surface area contributed by atoms with Crippen LogP contribution in [0.5, 0.6) is 0 Å². The van der Waals surface area contributed by atoms with Crippen LogP contribution in [-0.4, -0.2) is 48.5 Å². The molecule has 0 bridgehead atoms. The predicted octanol–water partition coefficient (Wildman–Crippen LogP) is 3.69. The third-order valence-corrected chi connectivity index (χ3v) is 3.34. The summed E-state index contributed by atoms with van der Waals surface area (Å²) >= 11 is 0. The molecule has 114 valence electrons. The van der Waals surface area contributed by atoms with Crippen LogP contribution >= 0.6 is 0 Å². The summed E-state index contributed by atoms with van der Waals surface area (Å²) in [5, 5.41) is 0. The van der Waals surface area contributed by atoms with Gasteiger partial charge in [-0.1, -0.05) is 37.6 Å². The van der Waals surface area contributed by atoms with Crippen molar-refractivity contribution < 1.29 is 0 Å². The summed E-state index contributed by atoms with van der Waals surface area (Å²) in [7, 11) is 2.14. The van der Waals surface area contributed by atoms with Gasteiger partial charge >= 0.3 is 0 Å². The van der Waals surface area contributed by atoms with Gasteiger partial charge in [0, 0.05) is 32.7 Å². The van der Waals surface area contributed by atoms with E-state index in [1.165, 1.54) is 25.2 Å². The van der Waals surface area contributed by atoms with Gasteiger partial charge in [0.05, 0.1) is 0 Å². The number of hydrogen-bond donors (Lipinski definition) is 0. The first-order chi connectivity index (χ1) is 9.65. The largest absolute Gasteiger partial charge is 0.344 e. The van der Waals surface area contributed by atoms with E-state index in [1.54, 1.807) is 0 Å². The van der Waals surface area contributed by atoms with Gasteiger partial charge in [0.15, 0.2) is 5.96 Å². The zero-order chi connectivity index (χ0) is 14.8. The van der Waals surface area contributed by atoms with Crippen molar-refractivity contribution in [3.05, 3.63) is 24.3 Å². The summed E-state index contributed by atoms with van der Waals surface area (Å²) in [6.07, 6.45) is 13.6. The number of allylic oxidation sites excluding steroid dienone is 4. The van der Waals surface area contributed by atoms with Gasteiger partial charge in [-0.3, -0.25) is 4.99 Å². The molecule has 0 aromatic rings. The molecule has 0 aromatic heterocycles. The number of guanidine groups is 1. The Hall–Kier alpha value is -1.25. The molecule has 3 nitrogen and oxygen atoms in total. The Balaban J connectivity index is 2.27. The van der Waals surface area contributed by atoms with E-state index in [0.717, 1.165) is 26.1 Å². The van der Waals surface area contributed by atoms with Gasteiger partial charge in [-0.15, -0.1) is 0 Å². The first-order valence-electron chi connectivity index (χ1n) is 8.00. The highest BCUT2D eigenvalue weighted by molar-refractivity contribution is 5.81. The van der Waals surface area contributed by atoms with Crippen molar-refractivity contribution in [2.24, 2.45) is 4.99 Å². The van der Waals surface area contributed by atoms with Crippen molar-refractivity contribution >= 4 is 5.96 Å². The van der Waals surface area contributed by atoms with Crippen LogP contribution in [0.25, 0.3) is 0 Å². The highest BCUT2D eigenvalue weighted by Gasteiger charge is 2.22. The van der Waals surface area contributed by atoms with Crippen LogP contribution in [0.4, 0.5) is 0 Å². The topological polar surface area (TPSA) is 18.8 Å².